The van der Waals surface area contributed by atoms with Crippen LogP contribution in [-0.2, 0) is 6.54 Å². The molecule has 1 aromatic heterocycles. The zero-order chi connectivity index (χ0) is 10.5. The molecule has 2 aromatic rings. The van der Waals surface area contributed by atoms with Gasteiger partial charge in [-0.05, 0) is 34.5 Å². The molecule has 1 aromatic carbocycles. The molecule has 0 bridgehead atoms. The second-order valence-electron chi connectivity index (χ2n) is 3.18. The molecule has 0 unspecified atom stereocenters. The first-order chi connectivity index (χ1) is 7.36. The minimum absolute atomic E-state index is 0.0261. The molecule has 0 saturated carbocycles. The molecule has 2 nitrogen and oxygen atoms in total. The van der Waals surface area contributed by atoms with E-state index in [0.717, 1.165) is 5.56 Å². The van der Waals surface area contributed by atoms with Gasteiger partial charge in [-0.15, -0.1) is 0 Å². The number of hydrogen-bond acceptors (Lipinski definition) is 2. The third-order valence-electron chi connectivity index (χ3n) is 2.07. The van der Waals surface area contributed by atoms with E-state index in [9.17, 15) is 4.79 Å². The smallest absolute Gasteiger partial charge is 0.251 e. The summed E-state index contributed by atoms with van der Waals surface area (Å²) in [5.41, 5.74) is 1.84. The van der Waals surface area contributed by atoms with Crippen molar-refractivity contribution in [3.63, 3.8) is 0 Å². The van der Waals surface area contributed by atoms with Crippen molar-refractivity contribution in [3.05, 3.63) is 58.3 Å². The highest BCUT2D eigenvalue weighted by Crippen LogP contribution is 2.05. The van der Waals surface area contributed by atoms with Crippen LogP contribution in [0.2, 0.25) is 0 Å². The van der Waals surface area contributed by atoms with Gasteiger partial charge in [0.2, 0.25) is 0 Å². The van der Waals surface area contributed by atoms with E-state index in [2.05, 4.69) is 5.32 Å². The first-order valence-electron chi connectivity index (χ1n) is 4.70. The molecule has 0 fully saturated rings. The second kappa shape index (κ2) is 4.75. The first-order valence-corrected chi connectivity index (χ1v) is 5.65. The Balaban J connectivity index is 1.94. The summed E-state index contributed by atoms with van der Waals surface area (Å²) in [7, 11) is 0. The highest BCUT2D eigenvalue weighted by molar-refractivity contribution is 7.07. The van der Waals surface area contributed by atoms with Gasteiger partial charge in [-0.3, -0.25) is 4.79 Å². The Hall–Kier alpha value is -1.61. The Morgan fingerprint density at radius 2 is 2.00 bits per heavy atom. The molecule has 0 spiro atoms. The number of rotatable bonds is 3. The lowest BCUT2D eigenvalue weighted by Crippen LogP contribution is -2.22. The number of nitrogens with one attached hydrogen (secondary N) is 1. The topological polar surface area (TPSA) is 29.1 Å². The molecule has 1 N–H and O–H groups in total. The summed E-state index contributed by atoms with van der Waals surface area (Å²) in [6, 6.07) is 11.2. The summed E-state index contributed by atoms with van der Waals surface area (Å²) in [5.74, 6) is -0.0261. The van der Waals surface area contributed by atoms with Gasteiger partial charge in [-0.2, -0.15) is 11.3 Å². The van der Waals surface area contributed by atoms with Gasteiger partial charge >= 0.3 is 0 Å². The standard InChI is InChI=1S/C12H11NOS/c14-12(11-4-2-1-3-5-11)13-8-10-6-7-15-9-10/h1-7,9H,8H2,(H,13,14). The molecule has 0 aliphatic carbocycles. The van der Waals surface area contributed by atoms with Crippen LogP contribution in [0.15, 0.2) is 47.2 Å². The third kappa shape index (κ3) is 2.67. The van der Waals surface area contributed by atoms with E-state index in [1.54, 1.807) is 11.3 Å². The molecule has 1 amide bonds. The van der Waals surface area contributed by atoms with Crippen LogP contribution in [0.25, 0.3) is 0 Å². The fourth-order valence-electron chi connectivity index (χ4n) is 1.27. The van der Waals surface area contributed by atoms with Crippen molar-refractivity contribution in [1.82, 2.24) is 5.32 Å². The third-order valence-corrected chi connectivity index (χ3v) is 2.80. The molecule has 1 heterocycles. The van der Waals surface area contributed by atoms with Crippen molar-refractivity contribution in [2.45, 2.75) is 6.54 Å². The maximum atomic E-state index is 11.6. The van der Waals surface area contributed by atoms with Gasteiger partial charge in [0, 0.05) is 12.1 Å². The van der Waals surface area contributed by atoms with E-state index in [4.69, 9.17) is 0 Å². The molecule has 0 radical (unpaired) electrons. The minimum Gasteiger partial charge on any atom is -0.348 e. The van der Waals surface area contributed by atoms with E-state index in [-0.39, 0.29) is 5.91 Å². The summed E-state index contributed by atoms with van der Waals surface area (Å²) in [5, 5.41) is 6.91. The molecule has 0 aliphatic heterocycles. The van der Waals surface area contributed by atoms with Crippen LogP contribution in [0.4, 0.5) is 0 Å². The maximum absolute atomic E-state index is 11.6. The monoisotopic (exact) mass is 217 g/mol. The van der Waals surface area contributed by atoms with Crippen LogP contribution in [0.1, 0.15) is 15.9 Å². The largest absolute Gasteiger partial charge is 0.348 e. The number of amides is 1. The molecular weight excluding hydrogens is 206 g/mol. The Bertz CT molecular complexity index is 422. The van der Waals surface area contributed by atoms with Crippen molar-refractivity contribution < 1.29 is 4.79 Å². The number of thiophene rings is 1. The van der Waals surface area contributed by atoms with E-state index in [0.29, 0.717) is 12.1 Å². The van der Waals surface area contributed by atoms with Crippen molar-refractivity contribution in [2.75, 3.05) is 0 Å². The van der Waals surface area contributed by atoms with E-state index >= 15 is 0 Å². The molecular formula is C12H11NOS. The van der Waals surface area contributed by atoms with Crippen molar-refractivity contribution in [1.29, 1.82) is 0 Å². The first kappa shape index (κ1) is 9.93. The zero-order valence-corrected chi connectivity index (χ0v) is 8.96. The summed E-state index contributed by atoms with van der Waals surface area (Å²) in [6.45, 7) is 0.594. The molecule has 2 rings (SSSR count). The number of carbonyl (C=O) groups excluding carboxylic acids is 1. The number of hydrogen-bond donors (Lipinski definition) is 1. The van der Waals surface area contributed by atoms with Gasteiger partial charge in [0.25, 0.3) is 5.91 Å². The molecule has 0 saturated heterocycles. The van der Waals surface area contributed by atoms with Gasteiger partial charge in [0.15, 0.2) is 0 Å². The molecule has 3 heteroatoms. The summed E-state index contributed by atoms with van der Waals surface area (Å²) >= 11 is 1.64. The van der Waals surface area contributed by atoms with Gasteiger partial charge in [0.05, 0.1) is 0 Å². The maximum Gasteiger partial charge on any atom is 0.251 e. The molecule has 0 aliphatic rings. The van der Waals surface area contributed by atoms with E-state index in [1.807, 2.05) is 47.2 Å². The lowest BCUT2D eigenvalue weighted by Gasteiger charge is -2.02. The number of benzene rings is 1. The Morgan fingerprint density at radius 1 is 1.20 bits per heavy atom. The minimum atomic E-state index is -0.0261. The second-order valence-corrected chi connectivity index (χ2v) is 3.96. The fraction of sp³-hybridized carbons (Fsp3) is 0.0833. The van der Waals surface area contributed by atoms with Crippen molar-refractivity contribution in [3.8, 4) is 0 Å². The molecule has 76 valence electrons. The average Bonchev–Trinajstić information content (AvgIpc) is 2.80. The predicted octanol–water partition coefficient (Wildman–Crippen LogP) is 2.68. The zero-order valence-electron chi connectivity index (χ0n) is 8.14. The van der Waals surface area contributed by atoms with Crippen LogP contribution in [0.3, 0.4) is 0 Å². The van der Waals surface area contributed by atoms with Gasteiger partial charge in [-0.25, -0.2) is 0 Å². The SMILES string of the molecule is O=C(NCc1ccsc1)c1ccccc1. The number of carbonyl (C=O) groups is 1. The van der Waals surface area contributed by atoms with Crippen LogP contribution in [0, 0.1) is 0 Å². The van der Waals surface area contributed by atoms with Gasteiger partial charge < -0.3 is 5.32 Å². The highest BCUT2D eigenvalue weighted by Gasteiger charge is 2.03. The Kier molecular flexibility index (Phi) is 3.15. The van der Waals surface area contributed by atoms with E-state index in [1.165, 1.54) is 0 Å². The lowest BCUT2D eigenvalue weighted by atomic mass is 10.2. The van der Waals surface area contributed by atoms with Crippen LogP contribution < -0.4 is 5.32 Å². The predicted molar refractivity (Wildman–Crippen MR) is 61.9 cm³/mol. The Morgan fingerprint density at radius 3 is 2.67 bits per heavy atom. The molecule has 15 heavy (non-hydrogen) atoms. The van der Waals surface area contributed by atoms with Crippen LogP contribution in [0.5, 0.6) is 0 Å². The normalized spacial score (nSPS) is 9.87. The van der Waals surface area contributed by atoms with E-state index < -0.39 is 0 Å². The van der Waals surface area contributed by atoms with Gasteiger partial charge in [-0.1, -0.05) is 18.2 Å². The summed E-state index contributed by atoms with van der Waals surface area (Å²) in [6.07, 6.45) is 0. The van der Waals surface area contributed by atoms with Crippen LogP contribution >= 0.6 is 11.3 Å². The lowest BCUT2D eigenvalue weighted by molar-refractivity contribution is 0.0951. The average molecular weight is 217 g/mol. The van der Waals surface area contributed by atoms with Crippen molar-refractivity contribution in [2.24, 2.45) is 0 Å². The summed E-state index contributed by atoms with van der Waals surface area (Å²) in [4.78, 5) is 11.6. The Labute approximate surface area is 92.6 Å². The van der Waals surface area contributed by atoms with Crippen molar-refractivity contribution >= 4 is 17.2 Å². The fourth-order valence-corrected chi connectivity index (χ4v) is 1.94. The van der Waals surface area contributed by atoms with Crippen LogP contribution in [-0.4, -0.2) is 5.91 Å². The quantitative estimate of drug-likeness (QED) is 0.841. The molecule has 0 atom stereocenters. The summed E-state index contributed by atoms with van der Waals surface area (Å²) < 4.78 is 0. The van der Waals surface area contributed by atoms with Gasteiger partial charge in [0.1, 0.15) is 0 Å². The highest BCUT2D eigenvalue weighted by atomic mass is 32.1.